The van der Waals surface area contributed by atoms with Crippen LogP contribution < -0.4 is 10.1 Å². The summed E-state index contributed by atoms with van der Waals surface area (Å²) in [5.74, 6) is 1.56. The molecule has 0 spiro atoms. The highest BCUT2D eigenvalue weighted by Gasteiger charge is 2.13. The Bertz CT molecular complexity index is 417. The first-order valence-corrected chi connectivity index (χ1v) is 6.14. The van der Waals surface area contributed by atoms with E-state index in [9.17, 15) is 0 Å². The Kier molecular flexibility index (Phi) is 4.00. The summed E-state index contributed by atoms with van der Waals surface area (Å²) < 4.78 is 5.84. The molecule has 0 saturated carbocycles. The van der Waals surface area contributed by atoms with E-state index >= 15 is 0 Å². The molecule has 0 atom stereocenters. The summed E-state index contributed by atoms with van der Waals surface area (Å²) in [5, 5.41) is 12.1. The van der Waals surface area contributed by atoms with Crippen LogP contribution in [0.1, 0.15) is 24.0 Å². The Hall–Kier alpha value is -1.53. The van der Waals surface area contributed by atoms with E-state index in [1.165, 1.54) is 12.8 Å². The quantitative estimate of drug-likeness (QED) is 0.866. The van der Waals surface area contributed by atoms with Gasteiger partial charge in [0.25, 0.3) is 0 Å². The molecule has 0 radical (unpaired) electrons. The number of nitrogens with one attached hydrogen (secondary N) is 1. The normalized spacial score (nSPS) is 16.5. The molecule has 1 N–H and O–H groups in total. The first-order valence-electron chi connectivity index (χ1n) is 6.14. The van der Waals surface area contributed by atoms with E-state index in [4.69, 9.17) is 10.00 Å². The van der Waals surface area contributed by atoms with Crippen molar-refractivity contribution in [2.75, 3.05) is 19.7 Å². The summed E-state index contributed by atoms with van der Waals surface area (Å²) in [4.78, 5) is 0. The average Bonchev–Trinajstić information content (AvgIpc) is 2.38. The molecule has 0 amide bonds. The van der Waals surface area contributed by atoms with Gasteiger partial charge in [0, 0.05) is 0 Å². The molecule has 0 aliphatic carbocycles. The topological polar surface area (TPSA) is 45.0 Å². The smallest absolute Gasteiger partial charge is 0.122 e. The van der Waals surface area contributed by atoms with Crippen LogP contribution in [0.15, 0.2) is 18.2 Å². The van der Waals surface area contributed by atoms with Crippen molar-refractivity contribution in [3.63, 3.8) is 0 Å². The molecular weight excluding hydrogens is 212 g/mol. The molecule has 1 aliphatic heterocycles. The number of nitrogens with zero attached hydrogens (tertiary/aromatic N) is 1. The highest BCUT2D eigenvalue weighted by molar-refractivity contribution is 5.41. The minimum Gasteiger partial charge on any atom is -0.493 e. The van der Waals surface area contributed by atoms with Crippen LogP contribution in [0.25, 0.3) is 0 Å². The van der Waals surface area contributed by atoms with Crippen LogP contribution in [-0.4, -0.2) is 19.7 Å². The predicted octanol–water partition coefficient (Wildman–Crippen LogP) is 2.25. The second kappa shape index (κ2) is 5.70. The fourth-order valence-corrected chi connectivity index (χ4v) is 2.14. The second-order valence-electron chi connectivity index (χ2n) is 4.60. The number of nitriles is 1. The highest BCUT2D eigenvalue weighted by Crippen LogP contribution is 2.21. The van der Waals surface area contributed by atoms with E-state index in [2.05, 4.69) is 11.4 Å². The minimum atomic E-state index is 0.659. The van der Waals surface area contributed by atoms with Crippen LogP contribution in [-0.2, 0) is 0 Å². The average molecular weight is 230 g/mol. The lowest BCUT2D eigenvalue weighted by atomic mass is 9.99. The third kappa shape index (κ3) is 3.21. The molecule has 3 nitrogen and oxygen atoms in total. The van der Waals surface area contributed by atoms with Gasteiger partial charge in [-0.25, -0.2) is 0 Å². The predicted molar refractivity (Wildman–Crippen MR) is 67.0 cm³/mol. The molecule has 1 aliphatic rings. The van der Waals surface area contributed by atoms with Crippen LogP contribution in [0.2, 0.25) is 0 Å². The number of hydrogen-bond acceptors (Lipinski definition) is 3. The first-order chi connectivity index (χ1) is 8.29. The molecule has 3 heteroatoms. The van der Waals surface area contributed by atoms with E-state index in [-0.39, 0.29) is 0 Å². The zero-order valence-corrected chi connectivity index (χ0v) is 10.2. The summed E-state index contributed by atoms with van der Waals surface area (Å²) in [6, 6.07) is 7.72. The van der Waals surface area contributed by atoms with Crippen molar-refractivity contribution in [3.8, 4) is 11.8 Å². The van der Waals surface area contributed by atoms with Gasteiger partial charge in [0.05, 0.1) is 18.2 Å². The lowest BCUT2D eigenvalue weighted by Crippen LogP contribution is -2.30. The lowest BCUT2D eigenvalue weighted by molar-refractivity contribution is 0.214. The molecule has 1 aromatic carbocycles. The van der Waals surface area contributed by atoms with Gasteiger partial charge in [-0.1, -0.05) is 0 Å². The van der Waals surface area contributed by atoms with Crippen molar-refractivity contribution in [1.82, 2.24) is 5.32 Å². The van der Waals surface area contributed by atoms with Crippen molar-refractivity contribution < 1.29 is 4.74 Å². The summed E-state index contributed by atoms with van der Waals surface area (Å²) in [5.41, 5.74) is 1.73. The first kappa shape index (κ1) is 11.9. The standard InChI is InChI=1S/C14H18N2O/c1-11-8-13(9-15)2-3-14(11)17-10-12-4-6-16-7-5-12/h2-3,8,12,16H,4-7,10H2,1H3. The summed E-state index contributed by atoms with van der Waals surface area (Å²) in [7, 11) is 0. The van der Waals surface area contributed by atoms with E-state index in [0.717, 1.165) is 31.0 Å². The molecule has 2 rings (SSSR count). The zero-order valence-electron chi connectivity index (χ0n) is 10.2. The fraction of sp³-hybridized carbons (Fsp3) is 0.500. The molecule has 0 aromatic heterocycles. The van der Waals surface area contributed by atoms with Gasteiger partial charge in [0.1, 0.15) is 5.75 Å². The maximum absolute atomic E-state index is 8.79. The van der Waals surface area contributed by atoms with Crippen LogP contribution in [0.5, 0.6) is 5.75 Å². The Morgan fingerprint density at radius 2 is 2.18 bits per heavy atom. The van der Waals surface area contributed by atoms with E-state index in [1.54, 1.807) is 0 Å². The second-order valence-corrected chi connectivity index (χ2v) is 4.60. The van der Waals surface area contributed by atoms with Crippen LogP contribution >= 0.6 is 0 Å². The molecule has 1 saturated heterocycles. The third-order valence-corrected chi connectivity index (χ3v) is 3.24. The molecule has 0 bridgehead atoms. The SMILES string of the molecule is Cc1cc(C#N)ccc1OCC1CCNCC1. The minimum absolute atomic E-state index is 0.659. The van der Waals surface area contributed by atoms with E-state index < -0.39 is 0 Å². The summed E-state index contributed by atoms with van der Waals surface area (Å²) in [6.45, 7) is 4.97. The van der Waals surface area contributed by atoms with Crippen molar-refractivity contribution in [1.29, 1.82) is 5.26 Å². The number of rotatable bonds is 3. The monoisotopic (exact) mass is 230 g/mol. The number of benzene rings is 1. The van der Waals surface area contributed by atoms with Crippen molar-refractivity contribution in [2.45, 2.75) is 19.8 Å². The van der Waals surface area contributed by atoms with Gasteiger partial charge < -0.3 is 10.1 Å². The van der Waals surface area contributed by atoms with Gasteiger partial charge in [-0.2, -0.15) is 5.26 Å². The molecule has 0 unspecified atom stereocenters. The molecule has 1 aromatic rings. The molecule has 90 valence electrons. The number of aryl methyl sites for hydroxylation is 1. The van der Waals surface area contributed by atoms with E-state index in [1.807, 2.05) is 25.1 Å². The van der Waals surface area contributed by atoms with Gasteiger partial charge in [-0.05, 0) is 62.5 Å². The lowest BCUT2D eigenvalue weighted by Gasteiger charge is -2.23. The van der Waals surface area contributed by atoms with Crippen molar-refractivity contribution >= 4 is 0 Å². The Morgan fingerprint density at radius 1 is 1.41 bits per heavy atom. The van der Waals surface area contributed by atoms with Gasteiger partial charge in [0.15, 0.2) is 0 Å². The molecule has 1 heterocycles. The van der Waals surface area contributed by atoms with Gasteiger partial charge in [-0.3, -0.25) is 0 Å². The fourth-order valence-electron chi connectivity index (χ4n) is 2.14. The number of piperidine rings is 1. The summed E-state index contributed by atoms with van der Waals surface area (Å²) >= 11 is 0. The maximum atomic E-state index is 8.79. The molecule has 17 heavy (non-hydrogen) atoms. The largest absolute Gasteiger partial charge is 0.493 e. The maximum Gasteiger partial charge on any atom is 0.122 e. The van der Waals surface area contributed by atoms with E-state index in [0.29, 0.717) is 11.5 Å². The Labute approximate surface area is 102 Å². The Balaban J connectivity index is 1.92. The van der Waals surface area contributed by atoms with Crippen molar-refractivity contribution in [2.24, 2.45) is 5.92 Å². The molecular formula is C14H18N2O. The van der Waals surface area contributed by atoms with Gasteiger partial charge >= 0.3 is 0 Å². The van der Waals surface area contributed by atoms with Crippen LogP contribution in [0.3, 0.4) is 0 Å². The van der Waals surface area contributed by atoms with Crippen LogP contribution in [0, 0.1) is 24.2 Å². The van der Waals surface area contributed by atoms with Crippen molar-refractivity contribution in [3.05, 3.63) is 29.3 Å². The highest BCUT2D eigenvalue weighted by atomic mass is 16.5. The summed E-state index contributed by atoms with van der Waals surface area (Å²) in [6.07, 6.45) is 2.38. The molecule has 1 fully saturated rings. The number of ether oxygens (including phenoxy) is 1. The zero-order chi connectivity index (χ0) is 12.1. The Morgan fingerprint density at radius 3 is 2.82 bits per heavy atom. The third-order valence-electron chi connectivity index (χ3n) is 3.24. The van der Waals surface area contributed by atoms with Gasteiger partial charge in [-0.15, -0.1) is 0 Å². The van der Waals surface area contributed by atoms with Gasteiger partial charge in [0.2, 0.25) is 0 Å². The van der Waals surface area contributed by atoms with Crippen LogP contribution in [0.4, 0.5) is 0 Å². The number of hydrogen-bond donors (Lipinski definition) is 1.